The van der Waals surface area contributed by atoms with Crippen LogP contribution in [0.1, 0.15) is 44.6 Å². The van der Waals surface area contributed by atoms with Gasteiger partial charge in [0.1, 0.15) is 5.75 Å². The van der Waals surface area contributed by atoms with Crippen molar-refractivity contribution in [2.24, 2.45) is 5.92 Å². The van der Waals surface area contributed by atoms with Crippen molar-refractivity contribution in [1.29, 1.82) is 0 Å². The van der Waals surface area contributed by atoms with Gasteiger partial charge in [-0.3, -0.25) is 0 Å². The normalized spacial score (nSPS) is 23.9. The Morgan fingerprint density at radius 3 is 2.33 bits per heavy atom. The van der Waals surface area contributed by atoms with E-state index in [1.165, 1.54) is 37.7 Å². The molecule has 1 aromatic carbocycles. The number of rotatable bonds is 5. The van der Waals surface area contributed by atoms with Gasteiger partial charge >= 0.3 is 0 Å². The maximum Gasteiger partial charge on any atom is 0.119 e. The predicted octanol–water partition coefficient (Wildman–Crippen LogP) is 3.75. The highest BCUT2D eigenvalue weighted by Crippen LogP contribution is 2.29. The van der Waals surface area contributed by atoms with Gasteiger partial charge in [0.05, 0.1) is 6.10 Å². The molecule has 1 aliphatic carbocycles. The van der Waals surface area contributed by atoms with Crippen molar-refractivity contribution < 1.29 is 4.74 Å². The van der Waals surface area contributed by atoms with Gasteiger partial charge < -0.3 is 10.1 Å². The molecule has 0 spiro atoms. The van der Waals surface area contributed by atoms with Crippen molar-refractivity contribution in [3.63, 3.8) is 0 Å². The number of nitrogens with one attached hydrogen (secondary N) is 1. The van der Waals surface area contributed by atoms with Gasteiger partial charge in [0.15, 0.2) is 0 Å². The zero-order chi connectivity index (χ0) is 12.8. The lowest BCUT2D eigenvalue weighted by atomic mass is 9.86. The minimum Gasteiger partial charge on any atom is -0.490 e. The fourth-order valence-corrected chi connectivity index (χ4v) is 2.74. The van der Waals surface area contributed by atoms with Crippen LogP contribution < -0.4 is 10.1 Å². The molecule has 1 aliphatic rings. The quantitative estimate of drug-likeness (QED) is 0.855. The van der Waals surface area contributed by atoms with Crippen LogP contribution in [-0.2, 0) is 6.54 Å². The highest BCUT2D eigenvalue weighted by atomic mass is 16.5. The summed E-state index contributed by atoms with van der Waals surface area (Å²) in [6, 6.07) is 8.48. The van der Waals surface area contributed by atoms with Crippen LogP contribution in [0.3, 0.4) is 0 Å². The first-order valence-electron chi connectivity index (χ1n) is 7.22. The summed E-state index contributed by atoms with van der Waals surface area (Å²) in [7, 11) is 1.97. The van der Waals surface area contributed by atoms with E-state index in [4.69, 9.17) is 4.74 Å². The van der Waals surface area contributed by atoms with Crippen molar-refractivity contribution in [1.82, 2.24) is 5.32 Å². The Kier molecular flexibility index (Phi) is 5.06. The molecule has 1 N–H and O–H groups in total. The minimum absolute atomic E-state index is 0.433. The van der Waals surface area contributed by atoms with E-state index in [-0.39, 0.29) is 0 Å². The molecule has 0 radical (unpaired) electrons. The van der Waals surface area contributed by atoms with E-state index in [1.807, 2.05) is 7.05 Å². The second kappa shape index (κ2) is 6.79. The molecule has 0 atom stereocenters. The molecule has 1 saturated carbocycles. The molecule has 18 heavy (non-hydrogen) atoms. The molecular weight excluding hydrogens is 222 g/mol. The van der Waals surface area contributed by atoms with Crippen molar-refractivity contribution in [2.75, 3.05) is 7.05 Å². The summed E-state index contributed by atoms with van der Waals surface area (Å²) >= 11 is 0. The van der Waals surface area contributed by atoms with E-state index in [0.717, 1.165) is 18.2 Å². The Hall–Kier alpha value is -1.02. The summed E-state index contributed by atoms with van der Waals surface area (Å²) in [6.07, 6.45) is 6.86. The first-order chi connectivity index (χ1) is 8.81. The monoisotopic (exact) mass is 247 g/mol. The van der Waals surface area contributed by atoms with Crippen LogP contribution in [0.25, 0.3) is 0 Å². The third-order valence-electron chi connectivity index (χ3n) is 3.98. The van der Waals surface area contributed by atoms with E-state index in [2.05, 4.69) is 36.5 Å². The average molecular weight is 247 g/mol. The molecule has 2 nitrogen and oxygen atoms in total. The van der Waals surface area contributed by atoms with Gasteiger partial charge in [-0.05, 0) is 56.3 Å². The molecule has 0 unspecified atom stereocenters. The van der Waals surface area contributed by atoms with E-state index < -0.39 is 0 Å². The maximum absolute atomic E-state index is 6.06. The third-order valence-corrected chi connectivity index (χ3v) is 3.98. The molecule has 2 rings (SSSR count). The van der Waals surface area contributed by atoms with E-state index in [0.29, 0.717) is 6.10 Å². The van der Waals surface area contributed by atoms with Crippen LogP contribution in [0.5, 0.6) is 5.75 Å². The third kappa shape index (κ3) is 3.74. The summed E-state index contributed by atoms with van der Waals surface area (Å²) < 4.78 is 6.06. The molecule has 1 fully saturated rings. The van der Waals surface area contributed by atoms with Crippen LogP contribution in [0.15, 0.2) is 24.3 Å². The van der Waals surface area contributed by atoms with Gasteiger partial charge in [0, 0.05) is 6.54 Å². The largest absolute Gasteiger partial charge is 0.490 e. The Labute approximate surface area is 111 Å². The molecule has 100 valence electrons. The van der Waals surface area contributed by atoms with Gasteiger partial charge in [-0.15, -0.1) is 0 Å². The zero-order valence-electron chi connectivity index (χ0n) is 11.6. The van der Waals surface area contributed by atoms with Crippen LogP contribution in [0.2, 0.25) is 0 Å². The number of hydrogen-bond donors (Lipinski definition) is 1. The summed E-state index contributed by atoms with van der Waals surface area (Å²) in [5.74, 6) is 1.96. The number of hydrogen-bond acceptors (Lipinski definition) is 2. The Balaban J connectivity index is 1.82. The molecule has 0 heterocycles. The molecule has 2 heteroatoms. The molecule has 0 saturated heterocycles. The van der Waals surface area contributed by atoms with Gasteiger partial charge in [-0.2, -0.15) is 0 Å². The predicted molar refractivity (Wildman–Crippen MR) is 75.9 cm³/mol. The van der Waals surface area contributed by atoms with E-state index in [1.54, 1.807) is 0 Å². The molecule has 0 aromatic heterocycles. The molecule has 0 amide bonds. The second-order valence-corrected chi connectivity index (χ2v) is 5.34. The molecule has 0 bridgehead atoms. The summed E-state index contributed by atoms with van der Waals surface area (Å²) in [4.78, 5) is 0. The van der Waals surface area contributed by atoms with Crippen LogP contribution in [0.4, 0.5) is 0 Å². The zero-order valence-corrected chi connectivity index (χ0v) is 11.6. The standard InChI is InChI=1S/C16H25NO/c1-3-13-4-8-15(9-5-13)18-16-10-6-14(7-11-16)12-17-2/h6-7,10-11,13,15,17H,3-5,8-9,12H2,1-2H3. The Bertz CT molecular complexity index is 339. The summed E-state index contributed by atoms with van der Waals surface area (Å²) in [5, 5.41) is 3.16. The number of ether oxygens (including phenoxy) is 1. The van der Waals surface area contributed by atoms with Gasteiger partial charge in [-0.25, -0.2) is 0 Å². The lowest BCUT2D eigenvalue weighted by Gasteiger charge is -2.28. The van der Waals surface area contributed by atoms with Crippen LogP contribution in [0, 0.1) is 5.92 Å². The molecular formula is C16H25NO. The van der Waals surface area contributed by atoms with E-state index >= 15 is 0 Å². The maximum atomic E-state index is 6.06. The summed E-state index contributed by atoms with van der Waals surface area (Å²) in [5.41, 5.74) is 1.31. The lowest BCUT2D eigenvalue weighted by Crippen LogP contribution is -2.23. The first-order valence-corrected chi connectivity index (χ1v) is 7.22. The van der Waals surface area contributed by atoms with Gasteiger partial charge in [0.2, 0.25) is 0 Å². The molecule has 1 aromatic rings. The van der Waals surface area contributed by atoms with E-state index in [9.17, 15) is 0 Å². The van der Waals surface area contributed by atoms with Crippen LogP contribution >= 0.6 is 0 Å². The summed E-state index contributed by atoms with van der Waals surface area (Å²) in [6.45, 7) is 3.22. The van der Waals surface area contributed by atoms with Crippen molar-refractivity contribution in [3.8, 4) is 5.75 Å². The average Bonchev–Trinajstić information content (AvgIpc) is 2.42. The Morgan fingerprint density at radius 2 is 1.78 bits per heavy atom. The fourth-order valence-electron chi connectivity index (χ4n) is 2.74. The lowest BCUT2D eigenvalue weighted by molar-refractivity contribution is 0.130. The first kappa shape index (κ1) is 13.4. The minimum atomic E-state index is 0.433. The topological polar surface area (TPSA) is 21.3 Å². The molecule has 0 aliphatic heterocycles. The van der Waals surface area contributed by atoms with Gasteiger partial charge in [-0.1, -0.05) is 25.5 Å². The Morgan fingerprint density at radius 1 is 1.11 bits per heavy atom. The highest BCUT2D eigenvalue weighted by Gasteiger charge is 2.20. The second-order valence-electron chi connectivity index (χ2n) is 5.34. The van der Waals surface area contributed by atoms with Crippen molar-refractivity contribution in [3.05, 3.63) is 29.8 Å². The smallest absolute Gasteiger partial charge is 0.119 e. The fraction of sp³-hybridized carbons (Fsp3) is 0.625. The van der Waals surface area contributed by atoms with Crippen molar-refractivity contribution >= 4 is 0 Å². The van der Waals surface area contributed by atoms with Gasteiger partial charge in [0.25, 0.3) is 0 Å². The SMILES string of the molecule is CCC1CCC(Oc2ccc(CNC)cc2)CC1. The van der Waals surface area contributed by atoms with Crippen molar-refractivity contribution in [2.45, 2.75) is 51.7 Å². The van der Waals surface area contributed by atoms with Crippen LogP contribution in [-0.4, -0.2) is 13.2 Å². The number of benzene rings is 1. The highest BCUT2D eigenvalue weighted by molar-refractivity contribution is 5.27.